The van der Waals surface area contributed by atoms with Gasteiger partial charge in [-0.25, -0.2) is 14.3 Å². The molecule has 1 aromatic heterocycles. The van der Waals surface area contributed by atoms with Crippen LogP contribution in [-0.4, -0.2) is 208 Å². The molecule has 1 aromatic carbocycles. The zero-order valence-corrected chi connectivity index (χ0v) is 40.6. The molecule has 0 saturated carbocycles. The lowest BCUT2D eigenvalue weighted by Gasteiger charge is -2.32. The fourth-order valence-electron chi connectivity index (χ4n) is 7.95. The zero-order chi connectivity index (χ0) is 54.3. The van der Waals surface area contributed by atoms with Crippen LogP contribution in [0.3, 0.4) is 0 Å². The molecular formula is C42H64N11O19P+2. The lowest BCUT2D eigenvalue weighted by molar-refractivity contribution is -0.409. The Kier molecular flexibility index (Phi) is 21.7. The third kappa shape index (κ3) is 17.0. The molecule has 2 aliphatic rings. The first kappa shape index (κ1) is 58.9. The van der Waals surface area contributed by atoms with E-state index < -0.39 is 147 Å². The number of imidazole rings is 1. The summed E-state index contributed by atoms with van der Waals surface area (Å²) in [6.07, 6.45) is -0.503. The standard InChI is InChI=1S/C42H62N11O19P/c1-20(56)32(50-34(59)25(43)16-54)38(63)47-27(13-22-7-9-24(58)10-8-22)40(65)52-11-3-5-30(52)36(61)46-26(14-23-15-44-19-45-23)35(60)49-29(18-72-73(69,70)71)41(66)53-12-4-6-31(53)37(62)51-33(21(2)57)39(64)48-28(17-55)42(67)68/h7-10,15,19-21,25-33,54-58H,3-6,11-14,16-18,43H2,1-2H3,(H,44,45)(H,46,61)(H,47,63)(H,48,64)(H,49,60)(H,50,59)(H,51,62)(H,67,68)(H2,69,70,71)/p+2/t20-,21-,25+,26+,27+,28+,29+,30+,31+,32+,33+/m1/s1. The van der Waals surface area contributed by atoms with Gasteiger partial charge >= 0.3 is 13.8 Å². The summed E-state index contributed by atoms with van der Waals surface area (Å²) in [5.74, 6) is -9.79. The summed E-state index contributed by atoms with van der Waals surface area (Å²) in [7, 11) is -5.35. The minimum absolute atomic E-state index is 0.0351. The number of hydrogen-bond acceptors (Lipinski definition) is 16. The first-order valence-corrected chi connectivity index (χ1v) is 24.5. The van der Waals surface area contributed by atoms with E-state index in [0.717, 1.165) is 16.7 Å². The Bertz CT molecular complexity index is 2320. The number of aromatic hydroxyl groups is 1. The number of aliphatic carboxylic acids is 1. The van der Waals surface area contributed by atoms with Gasteiger partial charge < -0.3 is 87.9 Å². The van der Waals surface area contributed by atoms with E-state index in [-0.39, 0.29) is 57.4 Å². The van der Waals surface area contributed by atoms with Crippen molar-refractivity contribution in [2.24, 2.45) is 0 Å². The lowest BCUT2D eigenvalue weighted by atomic mass is 10.0. The minimum Gasteiger partial charge on any atom is -0.508 e. The second-order valence-electron chi connectivity index (χ2n) is 17.5. The van der Waals surface area contributed by atoms with Crippen molar-refractivity contribution in [3.05, 3.63) is 48.0 Å². The molecular weight excluding hydrogens is 993 g/mol. The molecule has 4 rings (SSSR count). The van der Waals surface area contributed by atoms with E-state index in [4.69, 9.17) is 0 Å². The molecule has 0 bridgehead atoms. The van der Waals surface area contributed by atoms with Gasteiger partial charge in [0.1, 0.15) is 72.6 Å². The number of benzene rings is 1. The molecule has 0 unspecified atom stereocenters. The molecule has 0 aliphatic carbocycles. The number of phosphoric ester groups is 1. The Morgan fingerprint density at radius 2 is 1.25 bits per heavy atom. The summed E-state index contributed by atoms with van der Waals surface area (Å²) in [5.41, 5.74) is 4.23. The SMILES string of the molecule is C[C@@H](O)[C@H](NC(=O)[C@@H]([NH3+])CO)C(=O)N[C@@H](Cc1ccc(O)cc1)C(=O)N1CCC[C@H]1C(=O)N[C@@H](Cc1c[nH+]c[nH]1)C(=O)N[C@@H](COP(=O)(O)O)C(=O)N1CCC[C@H]1C(=O)N[C@H](C(=O)N[C@@H](CO)C(=O)O)[C@@H](C)O. The van der Waals surface area contributed by atoms with Crippen LogP contribution >= 0.6 is 7.82 Å². The highest BCUT2D eigenvalue weighted by Gasteiger charge is 2.43. The number of aromatic amines is 2. The van der Waals surface area contributed by atoms with Crippen LogP contribution in [0.15, 0.2) is 36.8 Å². The van der Waals surface area contributed by atoms with Gasteiger partial charge in [0.2, 0.25) is 47.7 Å². The van der Waals surface area contributed by atoms with Crippen LogP contribution in [0.1, 0.15) is 50.8 Å². The number of carbonyl (C=O) groups is 9. The molecule has 404 valence electrons. The molecule has 31 heteroatoms. The molecule has 30 nitrogen and oxygen atoms in total. The van der Waals surface area contributed by atoms with Gasteiger partial charge in [-0.05, 0) is 57.2 Å². The predicted octanol–water partition coefficient (Wildman–Crippen LogP) is -8.24. The molecule has 0 radical (unpaired) electrons. The summed E-state index contributed by atoms with van der Waals surface area (Å²) in [6, 6.07) is -8.61. The van der Waals surface area contributed by atoms with E-state index in [1.165, 1.54) is 43.7 Å². The number of nitrogens with zero attached hydrogens (tertiary/aromatic N) is 2. The van der Waals surface area contributed by atoms with E-state index >= 15 is 0 Å². The number of rotatable bonds is 26. The number of H-pyrrole nitrogens is 2. The average Bonchev–Trinajstić information content (AvgIpc) is 4.15. The normalized spacial score (nSPS) is 19.4. The number of quaternary nitrogens is 1. The smallest absolute Gasteiger partial charge is 0.469 e. The second kappa shape index (κ2) is 26.9. The van der Waals surface area contributed by atoms with Gasteiger partial charge in [-0.15, -0.1) is 0 Å². The molecule has 2 aromatic rings. The van der Waals surface area contributed by atoms with Crippen molar-refractivity contribution in [1.82, 2.24) is 46.7 Å². The van der Waals surface area contributed by atoms with Crippen molar-refractivity contribution >= 4 is 61.0 Å². The zero-order valence-electron chi connectivity index (χ0n) is 39.7. The highest BCUT2D eigenvalue weighted by Crippen LogP contribution is 2.36. The number of phenolic OH excluding ortho intramolecular Hbond substituents is 1. The van der Waals surface area contributed by atoms with Gasteiger partial charge in [0.25, 0.3) is 5.91 Å². The van der Waals surface area contributed by atoms with E-state index in [1.807, 2.05) is 5.32 Å². The molecule has 3 heterocycles. The number of carbonyl (C=O) groups excluding carboxylic acids is 8. The highest BCUT2D eigenvalue weighted by molar-refractivity contribution is 7.46. The van der Waals surface area contributed by atoms with Crippen LogP contribution in [0.5, 0.6) is 5.75 Å². The maximum atomic E-state index is 14.5. The van der Waals surface area contributed by atoms with E-state index in [1.54, 1.807) is 0 Å². The lowest BCUT2D eigenvalue weighted by Crippen LogP contribution is -2.71. The number of aromatic nitrogens is 2. The number of amides is 8. The minimum atomic E-state index is -5.35. The number of phosphoric acid groups is 1. The number of carboxylic acid groups (broad SMARTS) is 1. The summed E-state index contributed by atoms with van der Waals surface area (Å²) in [4.78, 5) is 148. The number of aliphatic hydroxyl groups is 4. The Balaban J connectivity index is 1.59. The molecule has 2 aliphatic heterocycles. The summed E-state index contributed by atoms with van der Waals surface area (Å²) in [6.45, 7) is -0.805. The van der Waals surface area contributed by atoms with Crippen molar-refractivity contribution in [1.29, 1.82) is 0 Å². The summed E-state index contributed by atoms with van der Waals surface area (Å²) in [5, 5.41) is 72.6. The van der Waals surface area contributed by atoms with Crippen molar-refractivity contribution in [3.63, 3.8) is 0 Å². The topological polar surface area (TPSA) is 478 Å². The Hall–Kier alpha value is -6.63. The molecule has 19 N–H and O–H groups in total. The van der Waals surface area contributed by atoms with Gasteiger partial charge in [-0.2, -0.15) is 0 Å². The van der Waals surface area contributed by atoms with Gasteiger partial charge in [0.05, 0.1) is 25.4 Å². The van der Waals surface area contributed by atoms with Crippen molar-refractivity contribution < 1.29 is 103 Å². The number of nitrogens with one attached hydrogen (secondary N) is 8. The van der Waals surface area contributed by atoms with Crippen molar-refractivity contribution in [2.75, 3.05) is 32.9 Å². The van der Waals surface area contributed by atoms with Crippen LogP contribution in [0, 0.1) is 0 Å². The number of aliphatic hydroxyl groups excluding tert-OH is 4. The molecule has 73 heavy (non-hydrogen) atoms. The largest absolute Gasteiger partial charge is 0.508 e. The fraction of sp³-hybridized carbons (Fsp3) is 0.571. The Morgan fingerprint density at radius 3 is 1.74 bits per heavy atom. The summed E-state index contributed by atoms with van der Waals surface area (Å²) >= 11 is 0. The van der Waals surface area contributed by atoms with Gasteiger partial charge in [-0.1, -0.05) is 12.1 Å². The molecule has 2 saturated heterocycles. The van der Waals surface area contributed by atoms with Gasteiger partial charge in [0, 0.05) is 25.9 Å². The number of likely N-dealkylation sites (tertiary alicyclic amines) is 2. The quantitative estimate of drug-likeness (QED) is 0.0389. The van der Waals surface area contributed by atoms with Crippen LogP contribution in [0.4, 0.5) is 0 Å². The average molecular weight is 1060 g/mol. The van der Waals surface area contributed by atoms with Crippen molar-refractivity contribution in [3.8, 4) is 5.75 Å². The molecule has 2 fully saturated rings. The van der Waals surface area contributed by atoms with Gasteiger partial charge in [-0.3, -0.25) is 47.9 Å². The van der Waals surface area contributed by atoms with Gasteiger partial charge in [0.15, 0.2) is 6.04 Å². The third-order valence-corrected chi connectivity index (χ3v) is 12.3. The summed E-state index contributed by atoms with van der Waals surface area (Å²) < 4.78 is 16.5. The predicted molar refractivity (Wildman–Crippen MR) is 244 cm³/mol. The van der Waals surface area contributed by atoms with Crippen molar-refractivity contribution in [2.45, 2.75) is 119 Å². The van der Waals surface area contributed by atoms with E-state index in [0.29, 0.717) is 11.3 Å². The maximum Gasteiger partial charge on any atom is 0.469 e. The van der Waals surface area contributed by atoms with Crippen LogP contribution in [-0.2, 0) is 65.1 Å². The monoisotopic (exact) mass is 1060 g/mol. The van der Waals surface area contributed by atoms with Crippen LogP contribution in [0.2, 0.25) is 0 Å². The number of hydrogen-bond donors (Lipinski definition) is 16. The van der Waals surface area contributed by atoms with E-state index in [9.17, 15) is 88.1 Å². The highest BCUT2D eigenvalue weighted by atomic mass is 31.2. The number of carboxylic acids is 1. The van der Waals surface area contributed by atoms with E-state index in [2.05, 4.69) is 46.8 Å². The first-order chi connectivity index (χ1) is 34.3. The molecule has 0 spiro atoms. The fourth-order valence-corrected chi connectivity index (χ4v) is 8.29. The number of phenols is 1. The van der Waals surface area contributed by atoms with Crippen LogP contribution < -0.4 is 42.6 Å². The maximum absolute atomic E-state index is 14.5. The Morgan fingerprint density at radius 1 is 0.726 bits per heavy atom. The third-order valence-electron chi connectivity index (χ3n) is 11.9. The molecule has 8 amide bonds. The second-order valence-corrected chi connectivity index (χ2v) is 18.7. The first-order valence-electron chi connectivity index (χ1n) is 22.9. The molecule has 11 atom stereocenters. The Labute approximate surface area is 416 Å². The van der Waals surface area contributed by atoms with Crippen LogP contribution in [0.25, 0.3) is 0 Å².